The Bertz CT molecular complexity index is 228. The van der Waals surface area contributed by atoms with Gasteiger partial charge < -0.3 is 0 Å². The van der Waals surface area contributed by atoms with Crippen LogP contribution in [-0.4, -0.2) is 23.9 Å². The standard InChI is InChI=1S/C11H20N/c1-9-8-10(11(2,3)4)6-7-12(9)5/h6-7,9H,8H2,1-5H3/q+1. The summed E-state index contributed by atoms with van der Waals surface area (Å²) in [7, 11) is 2.14. The molecule has 0 aromatic rings. The molecule has 0 amide bonds. The van der Waals surface area contributed by atoms with Crippen LogP contribution in [0.1, 0.15) is 34.1 Å². The highest BCUT2D eigenvalue weighted by Gasteiger charge is 2.24. The Kier molecular flexibility index (Phi) is 2.41. The van der Waals surface area contributed by atoms with E-state index in [1.165, 1.54) is 6.42 Å². The molecule has 12 heavy (non-hydrogen) atoms. The smallest absolute Gasteiger partial charge is 0.163 e. The zero-order chi connectivity index (χ0) is 9.35. The van der Waals surface area contributed by atoms with Crippen LogP contribution in [0.2, 0.25) is 0 Å². The Hall–Kier alpha value is -0.590. The molecule has 0 saturated carbocycles. The molecule has 68 valence electrons. The lowest BCUT2D eigenvalue weighted by atomic mass is 9.82. The first-order valence-corrected chi connectivity index (χ1v) is 4.67. The van der Waals surface area contributed by atoms with E-state index in [0.717, 1.165) is 0 Å². The molecule has 1 atom stereocenters. The minimum atomic E-state index is 0.339. The predicted octanol–water partition coefficient (Wildman–Crippen LogP) is 2.46. The molecule has 0 aliphatic carbocycles. The Labute approximate surface area is 75.8 Å². The average Bonchev–Trinajstić information content (AvgIpc) is 1.92. The lowest BCUT2D eigenvalue weighted by Crippen LogP contribution is -2.27. The van der Waals surface area contributed by atoms with Crippen molar-refractivity contribution in [3.8, 4) is 0 Å². The Balaban J connectivity index is 2.84. The fourth-order valence-corrected chi connectivity index (χ4v) is 1.44. The van der Waals surface area contributed by atoms with E-state index in [1.807, 2.05) is 0 Å². The van der Waals surface area contributed by atoms with Gasteiger partial charge in [0.1, 0.15) is 7.05 Å². The van der Waals surface area contributed by atoms with Crippen molar-refractivity contribution in [2.45, 2.75) is 40.2 Å². The zero-order valence-electron chi connectivity index (χ0n) is 8.89. The highest BCUT2D eigenvalue weighted by Crippen LogP contribution is 2.30. The third-order valence-corrected chi connectivity index (χ3v) is 2.68. The molecule has 0 spiro atoms. The zero-order valence-corrected chi connectivity index (χ0v) is 8.89. The molecule has 0 aromatic carbocycles. The van der Waals surface area contributed by atoms with E-state index in [1.54, 1.807) is 5.57 Å². The normalized spacial score (nSPS) is 24.9. The van der Waals surface area contributed by atoms with Crippen molar-refractivity contribution in [2.24, 2.45) is 5.41 Å². The molecule has 0 radical (unpaired) electrons. The van der Waals surface area contributed by atoms with E-state index in [4.69, 9.17) is 0 Å². The molecular formula is C11H20N+. The summed E-state index contributed by atoms with van der Waals surface area (Å²) in [5, 5.41) is 0. The first kappa shape index (κ1) is 9.50. The Morgan fingerprint density at radius 3 is 2.42 bits per heavy atom. The van der Waals surface area contributed by atoms with Gasteiger partial charge in [0.05, 0.1) is 0 Å². The number of hydrogen-bond acceptors (Lipinski definition) is 0. The lowest BCUT2D eigenvalue weighted by molar-refractivity contribution is -0.530. The van der Waals surface area contributed by atoms with Crippen molar-refractivity contribution in [2.75, 3.05) is 7.05 Å². The highest BCUT2D eigenvalue weighted by atomic mass is 15.0. The molecule has 1 heterocycles. The maximum atomic E-state index is 2.28. The summed E-state index contributed by atoms with van der Waals surface area (Å²) in [5.41, 5.74) is 1.90. The van der Waals surface area contributed by atoms with Crippen LogP contribution in [0.25, 0.3) is 0 Å². The van der Waals surface area contributed by atoms with Gasteiger partial charge in [0.25, 0.3) is 0 Å². The average molecular weight is 166 g/mol. The number of nitrogens with zero attached hydrogens (tertiary/aromatic N) is 1. The van der Waals surface area contributed by atoms with Crippen molar-refractivity contribution in [1.82, 2.24) is 0 Å². The third-order valence-electron chi connectivity index (χ3n) is 2.68. The Morgan fingerprint density at radius 1 is 1.42 bits per heavy atom. The second-order valence-corrected chi connectivity index (χ2v) is 4.81. The molecule has 1 rings (SSSR count). The number of allylic oxidation sites excluding steroid dienone is 1. The van der Waals surface area contributed by atoms with E-state index in [-0.39, 0.29) is 0 Å². The molecule has 1 aliphatic rings. The van der Waals surface area contributed by atoms with Gasteiger partial charge in [-0.1, -0.05) is 26.3 Å². The van der Waals surface area contributed by atoms with Gasteiger partial charge in [-0.2, -0.15) is 0 Å². The van der Waals surface area contributed by atoms with Crippen LogP contribution >= 0.6 is 0 Å². The monoisotopic (exact) mass is 166 g/mol. The summed E-state index contributed by atoms with van der Waals surface area (Å²) in [6.07, 6.45) is 5.66. The van der Waals surface area contributed by atoms with Crippen LogP contribution in [0.5, 0.6) is 0 Å². The summed E-state index contributed by atoms with van der Waals surface area (Å²) in [4.78, 5) is 0. The topological polar surface area (TPSA) is 3.01 Å². The summed E-state index contributed by atoms with van der Waals surface area (Å²) in [6, 6.07) is 0.657. The van der Waals surface area contributed by atoms with Crippen LogP contribution < -0.4 is 0 Å². The van der Waals surface area contributed by atoms with Crippen LogP contribution in [0.3, 0.4) is 0 Å². The van der Waals surface area contributed by atoms with Gasteiger partial charge in [-0.3, -0.25) is 0 Å². The molecule has 1 unspecified atom stereocenters. The fourth-order valence-electron chi connectivity index (χ4n) is 1.44. The van der Waals surface area contributed by atoms with Gasteiger partial charge in [0, 0.05) is 12.5 Å². The van der Waals surface area contributed by atoms with Crippen molar-refractivity contribution in [3.63, 3.8) is 0 Å². The minimum absolute atomic E-state index is 0.339. The van der Waals surface area contributed by atoms with Crippen molar-refractivity contribution in [3.05, 3.63) is 11.6 Å². The second-order valence-electron chi connectivity index (χ2n) is 4.81. The maximum absolute atomic E-state index is 2.28. The molecule has 0 fully saturated rings. The van der Waals surface area contributed by atoms with E-state index in [0.29, 0.717) is 11.5 Å². The molecule has 0 bridgehead atoms. The predicted molar refractivity (Wildman–Crippen MR) is 53.9 cm³/mol. The van der Waals surface area contributed by atoms with E-state index < -0.39 is 0 Å². The summed E-state index contributed by atoms with van der Waals surface area (Å²) in [5.74, 6) is 0. The van der Waals surface area contributed by atoms with Crippen molar-refractivity contribution < 1.29 is 4.58 Å². The van der Waals surface area contributed by atoms with E-state index in [2.05, 4.69) is 51.6 Å². The molecule has 1 nitrogen and oxygen atoms in total. The summed E-state index contributed by atoms with van der Waals surface area (Å²) >= 11 is 0. The lowest BCUT2D eigenvalue weighted by Gasteiger charge is -2.25. The molecule has 0 saturated heterocycles. The fraction of sp³-hybridized carbons (Fsp3) is 0.727. The summed E-state index contributed by atoms with van der Waals surface area (Å²) < 4.78 is 2.27. The van der Waals surface area contributed by atoms with Crippen LogP contribution in [-0.2, 0) is 0 Å². The third kappa shape index (κ3) is 1.96. The minimum Gasteiger partial charge on any atom is -0.236 e. The van der Waals surface area contributed by atoms with Gasteiger partial charge in [-0.15, -0.1) is 0 Å². The molecular weight excluding hydrogens is 146 g/mol. The van der Waals surface area contributed by atoms with E-state index >= 15 is 0 Å². The van der Waals surface area contributed by atoms with Crippen LogP contribution in [0.15, 0.2) is 11.6 Å². The van der Waals surface area contributed by atoms with Crippen molar-refractivity contribution >= 4 is 6.21 Å². The van der Waals surface area contributed by atoms with Gasteiger partial charge in [-0.05, 0) is 12.3 Å². The second kappa shape index (κ2) is 3.04. The van der Waals surface area contributed by atoms with Crippen LogP contribution in [0.4, 0.5) is 0 Å². The molecule has 1 aliphatic heterocycles. The van der Waals surface area contributed by atoms with Gasteiger partial charge in [0.15, 0.2) is 12.3 Å². The van der Waals surface area contributed by atoms with E-state index in [9.17, 15) is 0 Å². The highest BCUT2D eigenvalue weighted by molar-refractivity contribution is 5.68. The molecule has 1 heteroatoms. The largest absolute Gasteiger partial charge is 0.236 e. The van der Waals surface area contributed by atoms with Gasteiger partial charge in [-0.25, -0.2) is 4.58 Å². The number of rotatable bonds is 0. The van der Waals surface area contributed by atoms with Crippen molar-refractivity contribution in [1.29, 1.82) is 0 Å². The van der Waals surface area contributed by atoms with Gasteiger partial charge in [0.2, 0.25) is 0 Å². The quantitative estimate of drug-likeness (QED) is 0.486. The van der Waals surface area contributed by atoms with Gasteiger partial charge >= 0.3 is 0 Å². The Morgan fingerprint density at radius 2 is 2.00 bits per heavy atom. The number of hydrogen-bond donors (Lipinski definition) is 0. The summed E-state index contributed by atoms with van der Waals surface area (Å²) in [6.45, 7) is 9.12. The van der Waals surface area contributed by atoms with Crippen LogP contribution in [0, 0.1) is 5.41 Å². The molecule has 0 N–H and O–H groups in total. The first-order chi connectivity index (χ1) is 5.41. The first-order valence-electron chi connectivity index (χ1n) is 4.67. The molecule has 0 aromatic heterocycles. The maximum Gasteiger partial charge on any atom is 0.163 e. The SMILES string of the molecule is CC1CC(C(C)(C)C)=CC=[N+]1C.